The first kappa shape index (κ1) is 17.9. The van der Waals surface area contributed by atoms with Gasteiger partial charge in [-0.1, -0.05) is 20.8 Å². The molecule has 1 aliphatic heterocycles. The quantitative estimate of drug-likeness (QED) is 0.766. The van der Waals surface area contributed by atoms with E-state index in [1.807, 2.05) is 13.8 Å². The molecule has 1 saturated heterocycles. The van der Waals surface area contributed by atoms with Crippen LogP contribution in [-0.4, -0.2) is 42.9 Å². The van der Waals surface area contributed by atoms with Gasteiger partial charge in [-0.2, -0.15) is 0 Å². The predicted molar refractivity (Wildman–Crippen MR) is 79.9 cm³/mol. The van der Waals surface area contributed by atoms with Gasteiger partial charge in [0.1, 0.15) is 5.72 Å². The number of ether oxygens (including phenoxy) is 1. The molecule has 1 atom stereocenters. The Bertz CT molecular complexity index is 197. The van der Waals surface area contributed by atoms with E-state index in [1.165, 1.54) is 19.3 Å². The summed E-state index contributed by atoms with van der Waals surface area (Å²) in [7, 11) is 0. The third kappa shape index (κ3) is 5.68. The first-order valence-electron chi connectivity index (χ1n) is 7.71. The SMILES string of the molecule is CC.CCCNCC1(C)OCCCCN1C(C)C. The molecule has 0 bridgehead atoms. The fourth-order valence-electron chi connectivity index (χ4n) is 2.45. The molecule has 1 rings (SSSR count). The van der Waals surface area contributed by atoms with Crippen molar-refractivity contribution in [2.75, 3.05) is 26.2 Å². The molecule has 0 saturated carbocycles. The molecule has 1 heterocycles. The van der Waals surface area contributed by atoms with Crippen molar-refractivity contribution >= 4 is 0 Å². The molecule has 0 aromatic carbocycles. The van der Waals surface area contributed by atoms with Crippen LogP contribution in [0, 0.1) is 0 Å². The van der Waals surface area contributed by atoms with Crippen molar-refractivity contribution in [2.45, 2.75) is 72.6 Å². The van der Waals surface area contributed by atoms with Gasteiger partial charge in [0.05, 0.1) is 0 Å². The molecule has 0 aromatic rings. The normalized spacial score (nSPS) is 25.5. The van der Waals surface area contributed by atoms with Crippen LogP contribution in [0.3, 0.4) is 0 Å². The van der Waals surface area contributed by atoms with Crippen LogP contribution in [0.2, 0.25) is 0 Å². The van der Waals surface area contributed by atoms with E-state index in [4.69, 9.17) is 4.74 Å². The van der Waals surface area contributed by atoms with Gasteiger partial charge in [0.2, 0.25) is 0 Å². The van der Waals surface area contributed by atoms with Crippen LogP contribution in [-0.2, 0) is 4.74 Å². The van der Waals surface area contributed by atoms with Gasteiger partial charge in [0.15, 0.2) is 0 Å². The van der Waals surface area contributed by atoms with Crippen LogP contribution in [0.1, 0.15) is 60.8 Å². The Morgan fingerprint density at radius 2 is 1.94 bits per heavy atom. The van der Waals surface area contributed by atoms with Crippen molar-refractivity contribution in [3.63, 3.8) is 0 Å². The van der Waals surface area contributed by atoms with Crippen LogP contribution in [0.25, 0.3) is 0 Å². The van der Waals surface area contributed by atoms with Crippen LogP contribution in [0.15, 0.2) is 0 Å². The average molecular weight is 258 g/mol. The molecule has 1 fully saturated rings. The van der Waals surface area contributed by atoms with Gasteiger partial charge in [0.25, 0.3) is 0 Å². The van der Waals surface area contributed by atoms with Gasteiger partial charge in [-0.25, -0.2) is 0 Å². The molecule has 1 unspecified atom stereocenters. The lowest BCUT2D eigenvalue weighted by molar-refractivity contribution is -0.141. The van der Waals surface area contributed by atoms with E-state index in [9.17, 15) is 0 Å². The van der Waals surface area contributed by atoms with Crippen LogP contribution in [0.4, 0.5) is 0 Å². The Balaban J connectivity index is 0.00000137. The summed E-state index contributed by atoms with van der Waals surface area (Å²) in [5, 5.41) is 3.49. The Morgan fingerprint density at radius 3 is 2.50 bits per heavy atom. The van der Waals surface area contributed by atoms with E-state index in [1.54, 1.807) is 0 Å². The van der Waals surface area contributed by atoms with Crippen molar-refractivity contribution in [3.05, 3.63) is 0 Å². The van der Waals surface area contributed by atoms with E-state index in [0.717, 1.165) is 26.2 Å². The molecule has 1 aliphatic rings. The molecular weight excluding hydrogens is 224 g/mol. The van der Waals surface area contributed by atoms with Gasteiger partial charge in [-0.15, -0.1) is 0 Å². The van der Waals surface area contributed by atoms with E-state index >= 15 is 0 Å². The van der Waals surface area contributed by atoms with Crippen molar-refractivity contribution in [1.29, 1.82) is 0 Å². The lowest BCUT2D eigenvalue weighted by Crippen LogP contribution is -2.56. The zero-order chi connectivity index (χ0) is 14.0. The van der Waals surface area contributed by atoms with Crippen LogP contribution in [0.5, 0.6) is 0 Å². The Kier molecular flexibility index (Phi) is 9.70. The van der Waals surface area contributed by atoms with Gasteiger partial charge in [-0.3, -0.25) is 4.90 Å². The van der Waals surface area contributed by atoms with Gasteiger partial charge >= 0.3 is 0 Å². The highest BCUT2D eigenvalue weighted by Crippen LogP contribution is 2.23. The molecule has 18 heavy (non-hydrogen) atoms. The summed E-state index contributed by atoms with van der Waals surface area (Å²) in [6.45, 7) is 17.0. The van der Waals surface area contributed by atoms with Crippen molar-refractivity contribution < 1.29 is 4.74 Å². The molecule has 0 aliphatic carbocycles. The topological polar surface area (TPSA) is 24.5 Å². The zero-order valence-electron chi connectivity index (χ0n) is 13.4. The summed E-state index contributed by atoms with van der Waals surface area (Å²) >= 11 is 0. The standard InChI is InChI=1S/C13H28N2O.C2H6/c1-5-8-14-11-13(4)15(12(2)3)9-6-7-10-16-13;1-2/h12,14H,5-11H2,1-4H3;1-2H3. The van der Waals surface area contributed by atoms with Crippen molar-refractivity contribution in [1.82, 2.24) is 10.2 Å². The predicted octanol–water partition coefficient (Wildman–Crippen LogP) is 3.25. The van der Waals surface area contributed by atoms with Crippen molar-refractivity contribution in [2.24, 2.45) is 0 Å². The fourth-order valence-corrected chi connectivity index (χ4v) is 2.45. The maximum Gasteiger partial charge on any atom is 0.131 e. The van der Waals surface area contributed by atoms with E-state index in [-0.39, 0.29) is 5.72 Å². The molecule has 0 radical (unpaired) electrons. The van der Waals surface area contributed by atoms with E-state index < -0.39 is 0 Å². The summed E-state index contributed by atoms with van der Waals surface area (Å²) in [5.41, 5.74) is -0.125. The summed E-state index contributed by atoms with van der Waals surface area (Å²) < 4.78 is 6.07. The maximum absolute atomic E-state index is 6.07. The average Bonchev–Trinajstić information content (AvgIpc) is 2.54. The highest BCUT2D eigenvalue weighted by atomic mass is 16.5. The fraction of sp³-hybridized carbons (Fsp3) is 1.00. The molecule has 1 N–H and O–H groups in total. The molecule has 0 amide bonds. The maximum atomic E-state index is 6.07. The molecular formula is C15H34N2O. The largest absolute Gasteiger partial charge is 0.359 e. The lowest BCUT2D eigenvalue weighted by Gasteiger charge is -2.42. The highest BCUT2D eigenvalue weighted by molar-refractivity contribution is 4.83. The Labute approximate surface area is 114 Å². The highest BCUT2D eigenvalue weighted by Gasteiger charge is 2.35. The monoisotopic (exact) mass is 258 g/mol. The molecule has 110 valence electrons. The third-order valence-electron chi connectivity index (χ3n) is 3.32. The lowest BCUT2D eigenvalue weighted by atomic mass is 10.1. The van der Waals surface area contributed by atoms with Gasteiger partial charge in [-0.05, 0) is 46.6 Å². The van der Waals surface area contributed by atoms with E-state index in [0.29, 0.717) is 6.04 Å². The molecule has 3 nitrogen and oxygen atoms in total. The van der Waals surface area contributed by atoms with Crippen molar-refractivity contribution in [3.8, 4) is 0 Å². The Hall–Kier alpha value is -0.120. The van der Waals surface area contributed by atoms with Crippen LogP contribution >= 0.6 is 0 Å². The zero-order valence-corrected chi connectivity index (χ0v) is 13.4. The van der Waals surface area contributed by atoms with Gasteiger partial charge in [0, 0.05) is 25.7 Å². The number of rotatable bonds is 5. The number of hydrogen-bond donors (Lipinski definition) is 1. The number of nitrogens with one attached hydrogen (secondary N) is 1. The summed E-state index contributed by atoms with van der Waals surface area (Å²) in [6.07, 6.45) is 3.62. The summed E-state index contributed by atoms with van der Waals surface area (Å²) in [5.74, 6) is 0. The second kappa shape index (κ2) is 9.76. The minimum atomic E-state index is -0.125. The smallest absolute Gasteiger partial charge is 0.131 e. The first-order valence-corrected chi connectivity index (χ1v) is 7.71. The number of nitrogens with zero attached hydrogens (tertiary/aromatic N) is 1. The van der Waals surface area contributed by atoms with Crippen LogP contribution < -0.4 is 5.32 Å². The Morgan fingerprint density at radius 1 is 1.28 bits per heavy atom. The second-order valence-corrected chi connectivity index (χ2v) is 5.19. The number of hydrogen-bond acceptors (Lipinski definition) is 3. The summed E-state index contributed by atoms with van der Waals surface area (Å²) in [6, 6.07) is 0.548. The minimum Gasteiger partial charge on any atom is -0.359 e. The second-order valence-electron chi connectivity index (χ2n) is 5.19. The third-order valence-corrected chi connectivity index (χ3v) is 3.32. The summed E-state index contributed by atoms with van der Waals surface area (Å²) in [4.78, 5) is 2.49. The first-order chi connectivity index (χ1) is 8.60. The minimum absolute atomic E-state index is 0.125. The molecule has 0 spiro atoms. The van der Waals surface area contributed by atoms with Gasteiger partial charge < -0.3 is 10.1 Å². The molecule has 3 heteroatoms. The molecule has 0 aromatic heterocycles. The van der Waals surface area contributed by atoms with E-state index in [2.05, 4.69) is 37.9 Å².